The van der Waals surface area contributed by atoms with Crippen molar-refractivity contribution >= 4 is 17.7 Å². The molecule has 1 atom stereocenters. The second-order valence-electron chi connectivity index (χ2n) is 2.50. The molecule has 12 heavy (non-hydrogen) atoms. The van der Waals surface area contributed by atoms with Gasteiger partial charge in [-0.05, 0) is 0 Å². The Morgan fingerprint density at radius 2 is 2.42 bits per heavy atom. The molecule has 0 spiro atoms. The van der Waals surface area contributed by atoms with Crippen molar-refractivity contribution in [3.8, 4) is 0 Å². The second kappa shape index (κ2) is 3.21. The SMILES string of the molecule is NC1=NCC(CC(=O)C(=O)O)N1. The number of Topliss-reactive ketones (excluding diaryl/α,β-unsaturated/α-hetero) is 1. The van der Waals surface area contributed by atoms with E-state index in [-0.39, 0.29) is 18.4 Å². The van der Waals surface area contributed by atoms with E-state index in [0.29, 0.717) is 6.54 Å². The molecule has 6 nitrogen and oxygen atoms in total. The molecule has 1 unspecified atom stereocenters. The molecular formula is C6H9N3O3. The zero-order valence-corrected chi connectivity index (χ0v) is 6.28. The molecule has 66 valence electrons. The fourth-order valence-corrected chi connectivity index (χ4v) is 0.936. The zero-order chi connectivity index (χ0) is 9.14. The molecule has 0 aromatic rings. The summed E-state index contributed by atoms with van der Waals surface area (Å²) in [4.78, 5) is 24.6. The maximum atomic E-state index is 10.7. The topological polar surface area (TPSA) is 105 Å². The largest absolute Gasteiger partial charge is 0.476 e. The van der Waals surface area contributed by atoms with Gasteiger partial charge >= 0.3 is 5.97 Å². The van der Waals surface area contributed by atoms with Gasteiger partial charge in [-0.25, -0.2) is 4.79 Å². The van der Waals surface area contributed by atoms with Crippen LogP contribution in [0.2, 0.25) is 0 Å². The normalized spacial score (nSPS) is 21.3. The number of aliphatic carboxylic acids is 1. The van der Waals surface area contributed by atoms with Crippen LogP contribution >= 0.6 is 0 Å². The van der Waals surface area contributed by atoms with Crippen molar-refractivity contribution in [1.29, 1.82) is 0 Å². The van der Waals surface area contributed by atoms with Gasteiger partial charge in [-0.3, -0.25) is 9.79 Å². The Morgan fingerprint density at radius 1 is 1.75 bits per heavy atom. The van der Waals surface area contributed by atoms with Crippen LogP contribution in [0.25, 0.3) is 0 Å². The molecule has 0 aromatic carbocycles. The Morgan fingerprint density at radius 3 is 2.83 bits per heavy atom. The van der Waals surface area contributed by atoms with Crippen molar-refractivity contribution in [2.45, 2.75) is 12.5 Å². The summed E-state index contributed by atoms with van der Waals surface area (Å²) in [6.45, 7) is 0.366. The summed E-state index contributed by atoms with van der Waals surface area (Å²) in [6.07, 6.45) is -0.0699. The van der Waals surface area contributed by atoms with Crippen LogP contribution in [-0.4, -0.2) is 35.4 Å². The lowest BCUT2D eigenvalue weighted by molar-refractivity contribution is -0.149. The molecular weight excluding hydrogens is 162 g/mol. The van der Waals surface area contributed by atoms with Gasteiger partial charge in [0.05, 0.1) is 12.6 Å². The predicted octanol–water partition coefficient (Wildman–Crippen LogP) is -1.68. The molecule has 0 amide bonds. The van der Waals surface area contributed by atoms with Gasteiger partial charge in [0.25, 0.3) is 0 Å². The summed E-state index contributed by atoms with van der Waals surface area (Å²) >= 11 is 0. The summed E-state index contributed by atoms with van der Waals surface area (Å²) in [5.74, 6) is -1.97. The highest BCUT2D eigenvalue weighted by Gasteiger charge is 2.22. The molecule has 4 N–H and O–H groups in total. The lowest BCUT2D eigenvalue weighted by Crippen LogP contribution is -2.37. The molecule has 0 fully saturated rings. The standard InChI is InChI=1S/C6H9N3O3/c7-6-8-2-3(9-6)1-4(10)5(11)12/h3H,1-2H2,(H,11,12)(H3,7,8,9). The number of carbonyl (C=O) groups excluding carboxylic acids is 1. The number of hydrogen-bond acceptors (Lipinski definition) is 5. The Hall–Kier alpha value is -1.59. The first-order valence-electron chi connectivity index (χ1n) is 3.42. The van der Waals surface area contributed by atoms with E-state index in [1.807, 2.05) is 0 Å². The first kappa shape index (κ1) is 8.51. The van der Waals surface area contributed by atoms with Gasteiger partial charge in [0.2, 0.25) is 5.78 Å². The third-order valence-corrected chi connectivity index (χ3v) is 1.50. The van der Waals surface area contributed by atoms with Gasteiger partial charge < -0.3 is 16.2 Å². The van der Waals surface area contributed by atoms with Gasteiger partial charge in [-0.15, -0.1) is 0 Å². The summed E-state index contributed by atoms with van der Waals surface area (Å²) in [6, 6.07) is -0.256. The number of carboxylic acids is 1. The van der Waals surface area contributed by atoms with E-state index in [2.05, 4.69) is 10.3 Å². The number of nitrogens with two attached hydrogens (primary N) is 1. The lowest BCUT2D eigenvalue weighted by Gasteiger charge is -2.06. The van der Waals surface area contributed by atoms with E-state index >= 15 is 0 Å². The maximum absolute atomic E-state index is 10.7. The summed E-state index contributed by atoms with van der Waals surface area (Å²) in [5.41, 5.74) is 5.26. The minimum Gasteiger partial charge on any atom is -0.476 e. The molecule has 0 saturated heterocycles. The van der Waals surface area contributed by atoms with E-state index in [4.69, 9.17) is 10.8 Å². The molecule has 0 aromatic heterocycles. The summed E-state index contributed by atoms with van der Waals surface area (Å²) in [5, 5.41) is 10.9. The Kier molecular flexibility index (Phi) is 2.27. The highest BCUT2D eigenvalue weighted by Crippen LogP contribution is 1.99. The minimum atomic E-state index is -1.41. The van der Waals surface area contributed by atoms with Gasteiger partial charge in [-0.1, -0.05) is 0 Å². The van der Waals surface area contributed by atoms with Crippen LogP contribution in [-0.2, 0) is 9.59 Å². The van der Waals surface area contributed by atoms with Crippen LogP contribution < -0.4 is 11.1 Å². The van der Waals surface area contributed by atoms with Crippen LogP contribution in [0.5, 0.6) is 0 Å². The number of nitrogens with one attached hydrogen (secondary N) is 1. The first-order chi connectivity index (χ1) is 5.59. The molecule has 1 aliphatic rings. The van der Waals surface area contributed by atoms with Crippen molar-refractivity contribution in [2.75, 3.05) is 6.54 Å². The molecule has 1 rings (SSSR count). The van der Waals surface area contributed by atoms with Crippen molar-refractivity contribution in [2.24, 2.45) is 10.7 Å². The minimum absolute atomic E-state index is 0.0699. The third kappa shape index (κ3) is 1.94. The van der Waals surface area contributed by atoms with Crippen LogP contribution in [0, 0.1) is 0 Å². The average molecular weight is 171 g/mol. The number of carbonyl (C=O) groups is 2. The third-order valence-electron chi connectivity index (χ3n) is 1.50. The highest BCUT2D eigenvalue weighted by atomic mass is 16.4. The summed E-state index contributed by atoms with van der Waals surface area (Å²) in [7, 11) is 0. The quantitative estimate of drug-likeness (QED) is 0.440. The monoisotopic (exact) mass is 171 g/mol. The molecule has 6 heteroatoms. The first-order valence-corrected chi connectivity index (χ1v) is 3.42. The predicted molar refractivity (Wildman–Crippen MR) is 40.7 cm³/mol. The van der Waals surface area contributed by atoms with Gasteiger partial charge in [-0.2, -0.15) is 0 Å². The molecule has 0 radical (unpaired) electrons. The number of hydrogen-bond donors (Lipinski definition) is 3. The smallest absolute Gasteiger partial charge is 0.372 e. The second-order valence-corrected chi connectivity index (χ2v) is 2.50. The molecule has 0 bridgehead atoms. The van der Waals surface area contributed by atoms with Crippen LogP contribution in [0.1, 0.15) is 6.42 Å². The van der Waals surface area contributed by atoms with E-state index in [9.17, 15) is 9.59 Å². The lowest BCUT2D eigenvalue weighted by atomic mass is 10.1. The molecule has 1 aliphatic heterocycles. The Balaban J connectivity index is 2.35. The number of nitrogens with zero attached hydrogens (tertiary/aromatic N) is 1. The number of guanidine groups is 1. The number of carboxylic acid groups (broad SMARTS) is 1. The number of aliphatic imine (C=N–C) groups is 1. The average Bonchev–Trinajstić information content (AvgIpc) is 2.35. The maximum Gasteiger partial charge on any atom is 0.372 e. The van der Waals surface area contributed by atoms with Crippen LogP contribution in [0.3, 0.4) is 0 Å². The van der Waals surface area contributed by atoms with E-state index < -0.39 is 11.8 Å². The fourth-order valence-electron chi connectivity index (χ4n) is 0.936. The fraction of sp³-hybridized carbons (Fsp3) is 0.500. The molecule has 0 saturated carbocycles. The van der Waals surface area contributed by atoms with E-state index in [0.717, 1.165) is 0 Å². The number of rotatable bonds is 3. The van der Waals surface area contributed by atoms with Gasteiger partial charge in [0, 0.05) is 6.42 Å². The van der Waals surface area contributed by atoms with E-state index in [1.54, 1.807) is 0 Å². The molecule has 0 aliphatic carbocycles. The number of ketones is 1. The Bertz CT molecular complexity index is 248. The highest BCUT2D eigenvalue weighted by molar-refractivity contribution is 6.32. The van der Waals surface area contributed by atoms with E-state index in [1.165, 1.54) is 0 Å². The van der Waals surface area contributed by atoms with Gasteiger partial charge in [0.15, 0.2) is 5.96 Å². The van der Waals surface area contributed by atoms with Gasteiger partial charge in [0.1, 0.15) is 0 Å². The Labute approximate surface area is 68.5 Å². The van der Waals surface area contributed by atoms with Crippen molar-refractivity contribution < 1.29 is 14.7 Å². The summed E-state index contributed by atoms with van der Waals surface area (Å²) < 4.78 is 0. The van der Waals surface area contributed by atoms with Crippen molar-refractivity contribution in [3.63, 3.8) is 0 Å². The molecule has 1 heterocycles. The van der Waals surface area contributed by atoms with Crippen molar-refractivity contribution in [3.05, 3.63) is 0 Å². The zero-order valence-electron chi connectivity index (χ0n) is 6.28. The van der Waals surface area contributed by atoms with Crippen LogP contribution in [0.4, 0.5) is 0 Å². The van der Waals surface area contributed by atoms with Crippen molar-refractivity contribution in [1.82, 2.24) is 5.32 Å². The van der Waals surface area contributed by atoms with Crippen LogP contribution in [0.15, 0.2) is 4.99 Å².